The molecule has 1 aliphatic heterocycles. The molecule has 2 rings (SSSR count). The van der Waals surface area contributed by atoms with Gasteiger partial charge >= 0.3 is 0 Å². The lowest BCUT2D eigenvalue weighted by Crippen LogP contribution is -2.42. The van der Waals surface area contributed by atoms with Crippen LogP contribution in [0.1, 0.15) is 45.8 Å². The van der Waals surface area contributed by atoms with Gasteiger partial charge in [-0.05, 0) is 24.8 Å². The lowest BCUT2D eigenvalue weighted by atomic mass is 9.98. The van der Waals surface area contributed by atoms with Crippen LogP contribution in [-0.4, -0.2) is 22.9 Å². The van der Waals surface area contributed by atoms with Gasteiger partial charge in [-0.1, -0.05) is 51.1 Å². The van der Waals surface area contributed by atoms with Crippen molar-refractivity contribution in [2.24, 2.45) is 5.92 Å². The summed E-state index contributed by atoms with van der Waals surface area (Å²) >= 11 is 0. The first-order chi connectivity index (χ1) is 9.06. The second kappa shape index (κ2) is 5.74. The van der Waals surface area contributed by atoms with E-state index in [-0.39, 0.29) is 24.2 Å². The SMILES string of the molecule is CCC(C(C)C)N1C(=O)C(C)NC1c1ccccc1. The van der Waals surface area contributed by atoms with Gasteiger partial charge in [-0.3, -0.25) is 10.1 Å². The Hall–Kier alpha value is -1.35. The second-order valence-electron chi connectivity index (χ2n) is 5.67. The van der Waals surface area contributed by atoms with Crippen LogP contribution in [0.2, 0.25) is 0 Å². The van der Waals surface area contributed by atoms with Crippen molar-refractivity contribution < 1.29 is 4.79 Å². The minimum Gasteiger partial charge on any atom is -0.318 e. The first-order valence-corrected chi connectivity index (χ1v) is 7.19. The number of benzene rings is 1. The number of rotatable bonds is 4. The summed E-state index contributed by atoms with van der Waals surface area (Å²) in [6.45, 7) is 8.48. The van der Waals surface area contributed by atoms with Gasteiger partial charge in [0, 0.05) is 6.04 Å². The quantitative estimate of drug-likeness (QED) is 0.902. The highest BCUT2D eigenvalue weighted by atomic mass is 16.2. The average molecular weight is 260 g/mol. The number of carbonyl (C=O) groups excluding carboxylic acids is 1. The summed E-state index contributed by atoms with van der Waals surface area (Å²) < 4.78 is 0. The van der Waals surface area contributed by atoms with Crippen LogP contribution >= 0.6 is 0 Å². The van der Waals surface area contributed by atoms with E-state index in [0.29, 0.717) is 5.92 Å². The van der Waals surface area contributed by atoms with Crippen molar-refractivity contribution in [2.75, 3.05) is 0 Å². The molecule has 0 radical (unpaired) electrons. The predicted octanol–water partition coefficient (Wildman–Crippen LogP) is 2.94. The standard InChI is InChI=1S/C16H24N2O/c1-5-14(11(2)3)18-15(17-12(4)16(18)19)13-9-7-6-8-10-13/h6-12,14-15,17H,5H2,1-4H3. The summed E-state index contributed by atoms with van der Waals surface area (Å²) in [4.78, 5) is 14.5. The molecule has 1 amide bonds. The summed E-state index contributed by atoms with van der Waals surface area (Å²) in [5.74, 6) is 0.682. The lowest BCUT2D eigenvalue weighted by molar-refractivity contribution is -0.133. The fourth-order valence-corrected chi connectivity index (χ4v) is 2.98. The molecule has 1 fully saturated rings. The molecule has 1 heterocycles. The molecule has 104 valence electrons. The van der Waals surface area contributed by atoms with Gasteiger partial charge in [-0.2, -0.15) is 0 Å². The topological polar surface area (TPSA) is 32.3 Å². The molecule has 1 aromatic rings. The molecule has 1 aliphatic rings. The third-order valence-electron chi connectivity index (χ3n) is 3.97. The van der Waals surface area contributed by atoms with Gasteiger partial charge in [0.2, 0.25) is 5.91 Å². The van der Waals surface area contributed by atoms with Crippen molar-refractivity contribution in [1.82, 2.24) is 10.2 Å². The zero-order chi connectivity index (χ0) is 14.0. The number of nitrogens with one attached hydrogen (secondary N) is 1. The highest BCUT2D eigenvalue weighted by molar-refractivity contribution is 5.84. The van der Waals surface area contributed by atoms with Crippen LogP contribution in [0.15, 0.2) is 30.3 Å². The van der Waals surface area contributed by atoms with Gasteiger partial charge in [0.05, 0.1) is 6.04 Å². The van der Waals surface area contributed by atoms with E-state index in [4.69, 9.17) is 0 Å². The van der Waals surface area contributed by atoms with Gasteiger partial charge in [0.15, 0.2) is 0 Å². The van der Waals surface area contributed by atoms with E-state index in [9.17, 15) is 4.79 Å². The highest BCUT2D eigenvalue weighted by Crippen LogP contribution is 2.31. The number of carbonyl (C=O) groups is 1. The summed E-state index contributed by atoms with van der Waals surface area (Å²) in [7, 11) is 0. The Morgan fingerprint density at radius 3 is 2.42 bits per heavy atom. The smallest absolute Gasteiger partial charge is 0.241 e. The largest absolute Gasteiger partial charge is 0.318 e. The fourth-order valence-electron chi connectivity index (χ4n) is 2.98. The number of hydrogen-bond donors (Lipinski definition) is 1. The zero-order valence-corrected chi connectivity index (χ0v) is 12.3. The molecule has 19 heavy (non-hydrogen) atoms. The third kappa shape index (κ3) is 2.66. The van der Waals surface area contributed by atoms with Crippen molar-refractivity contribution in [1.29, 1.82) is 0 Å². The van der Waals surface area contributed by atoms with E-state index in [1.165, 1.54) is 5.56 Å². The van der Waals surface area contributed by atoms with E-state index in [1.54, 1.807) is 0 Å². The van der Waals surface area contributed by atoms with Crippen molar-refractivity contribution in [2.45, 2.75) is 52.4 Å². The zero-order valence-electron chi connectivity index (χ0n) is 12.3. The van der Waals surface area contributed by atoms with Gasteiger partial charge in [-0.25, -0.2) is 0 Å². The predicted molar refractivity (Wildman–Crippen MR) is 77.5 cm³/mol. The van der Waals surface area contributed by atoms with Crippen molar-refractivity contribution in [3.63, 3.8) is 0 Å². The van der Waals surface area contributed by atoms with E-state index in [1.807, 2.05) is 30.0 Å². The molecule has 0 bridgehead atoms. The minimum absolute atomic E-state index is 0.0102. The molecule has 0 aliphatic carbocycles. The Balaban J connectivity index is 2.34. The first-order valence-electron chi connectivity index (χ1n) is 7.19. The van der Waals surface area contributed by atoms with Crippen LogP contribution in [0.3, 0.4) is 0 Å². The number of nitrogens with zero attached hydrogens (tertiary/aromatic N) is 1. The summed E-state index contributed by atoms with van der Waals surface area (Å²) in [6, 6.07) is 10.4. The molecular weight excluding hydrogens is 236 g/mol. The Labute approximate surface area is 116 Å². The molecule has 3 unspecified atom stereocenters. The normalized spacial score (nSPS) is 25.1. The number of hydrogen-bond acceptors (Lipinski definition) is 2. The molecule has 0 saturated carbocycles. The maximum absolute atomic E-state index is 12.5. The van der Waals surface area contributed by atoms with Gasteiger partial charge in [0.25, 0.3) is 0 Å². The molecule has 0 spiro atoms. The Bertz CT molecular complexity index is 430. The van der Waals surface area contributed by atoms with Crippen molar-refractivity contribution >= 4 is 5.91 Å². The molecule has 1 aromatic carbocycles. The van der Waals surface area contributed by atoms with Crippen LogP contribution < -0.4 is 5.32 Å². The molecule has 3 nitrogen and oxygen atoms in total. The maximum atomic E-state index is 12.5. The number of amides is 1. The van der Waals surface area contributed by atoms with Gasteiger partial charge in [-0.15, -0.1) is 0 Å². The fraction of sp³-hybridized carbons (Fsp3) is 0.562. The van der Waals surface area contributed by atoms with E-state index in [2.05, 4.69) is 38.2 Å². The van der Waals surface area contributed by atoms with Crippen molar-refractivity contribution in [3.8, 4) is 0 Å². The Kier molecular flexibility index (Phi) is 4.25. The first kappa shape index (κ1) is 14.1. The molecule has 0 aromatic heterocycles. The molecule has 1 saturated heterocycles. The van der Waals surface area contributed by atoms with E-state index >= 15 is 0 Å². The maximum Gasteiger partial charge on any atom is 0.241 e. The van der Waals surface area contributed by atoms with E-state index < -0.39 is 0 Å². The van der Waals surface area contributed by atoms with Gasteiger partial charge < -0.3 is 4.90 Å². The second-order valence-corrected chi connectivity index (χ2v) is 5.67. The minimum atomic E-state index is -0.0991. The third-order valence-corrected chi connectivity index (χ3v) is 3.97. The summed E-state index contributed by atoms with van der Waals surface area (Å²) in [5.41, 5.74) is 1.17. The van der Waals surface area contributed by atoms with Crippen LogP contribution in [0.5, 0.6) is 0 Å². The summed E-state index contributed by atoms with van der Waals surface area (Å²) in [5, 5.41) is 3.42. The molecular formula is C16H24N2O. The lowest BCUT2D eigenvalue weighted by Gasteiger charge is -2.35. The molecule has 1 N–H and O–H groups in total. The average Bonchev–Trinajstić information content (AvgIpc) is 2.69. The highest BCUT2D eigenvalue weighted by Gasteiger charge is 2.41. The van der Waals surface area contributed by atoms with Crippen LogP contribution in [0.4, 0.5) is 0 Å². The monoisotopic (exact) mass is 260 g/mol. The van der Waals surface area contributed by atoms with Gasteiger partial charge in [0.1, 0.15) is 6.17 Å². The molecule has 3 heteroatoms. The Morgan fingerprint density at radius 1 is 1.26 bits per heavy atom. The Morgan fingerprint density at radius 2 is 1.89 bits per heavy atom. The van der Waals surface area contributed by atoms with E-state index in [0.717, 1.165) is 6.42 Å². The van der Waals surface area contributed by atoms with Crippen molar-refractivity contribution in [3.05, 3.63) is 35.9 Å². The van der Waals surface area contributed by atoms with Crippen LogP contribution in [0, 0.1) is 5.92 Å². The van der Waals surface area contributed by atoms with Crippen LogP contribution in [-0.2, 0) is 4.79 Å². The van der Waals surface area contributed by atoms with Crippen LogP contribution in [0.25, 0.3) is 0 Å². The summed E-state index contributed by atoms with van der Waals surface area (Å²) in [6.07, 6.45) is 0.997. The molecule has 3 atom stereocenters.